The van der Waals surface area contributed by atoms with Crippen molar-refractivity contribution in [2.75, 3.05) is 0 Å². The van der Waals surface area contributed by atoms with Gasteiger partial charge in [-0.05, 0) is 109 Å². The molecule has 2 heteroatoms. The first-order valence-corrected chi connectivity index (χ1v) is 13.4. The minimum Gasteiger partial charge on any atom is -0.512 e. The van der Waals surface area contributed by atoms with Gasteiger partial charge in [-0.1, -0.05) is 53.7 Å². The molecule has 3 fully saturated rings. The van der Waals surface area contributed by atoms with Crippen LogP contribution >= 0.6 is 0 Å². The highest BCUT2D eigenvalue weighted by atomic mass is 16.3. The van der Waals surface area contributed by atoms with Gasteiger partial charge in [-0.3, -0.25) is 0 Å². The Balaban J connectivity index is 1.55. The van der Waals surface area contributed by atoms with Gasteiger partial charge in [0.1, 0.15) is 0 Å². The van der Waals surface area contributed by atoms with Gasteiger partial charge in [-0.25, -0.2) is 0 Å². The van der Waals surface area contributed by atoms with E-state index >= 15 is 0 Å². The Morgan fingerprint density at radius 3 is 2.39 bits per heavy atom. The predicted molar refractivity (Wildman–Crippen MR) is 130 cm³/mol. The normalized spacial score (nSPS) is 44.8. The first-order valence-electron chi connectivity index (χ1n) is 13.4. The third-order valence-corrected chi connectivity index (χ3v) is 10.9. The van der Waals surface area contributed by atoms with Crippen LogP contribution in [0, 0.1) is 52.3 Å². The van der Waals surface area contributed by atoms with Crippen LogP contribution in [0.4, 0.5) is 0 Å². The Morgan fingerprint density at radius 1 is 0.968 bits per heavy atom. The first kappa shape index (κ1) is 23.4. The van der Waals surface area contributed by atoms with Crippen LogP contribution in [0.25, 0.3) is 0 Å². The van der Waals surface area contributed by atoms with Crippen molar-refractivity contribution in [2.24, 2.45) is 52.3 Å². The van der Waals surface area contributed by atoms with E-state index in [1.807, 2.05) is 0 Å². The van der Waals surface area contributed by atoms with Gasteiger partial charge in [0.2, 0.25) is 0 Å². The largest absolute Gasteiger partial charge is 0.512 e. The summed E-state index contributed by atoms with van der Waals surface area (Å²) >= 11 is 0. The van der Waals surface area contributed by atoms with E-state index < -0.39 is 0 Å². The van der Waals surface area contributed by atoms with E-state index in [0.717, 1.165) is 37.0 Å². The molecule has 0 radical (unpaired) electrons. The number of rotatable bonds is 5. The van der Waals surface area contributed by atoms with E-state index in [2.05, 4.69) is 53.7 Å². The van der Waals surface area contributed by atoms with Crippen LogP contribution in [-0.2, 0) is 0 Å². The molecule has 31 heavy (non-hydrogen) atoms. The topological polar surface area (TPSA) is 40.5 Å². The van der Waals surface area contributed by atoms with Gasteiger partial charge in [0.15, 0.2) is 0 Å². The summed E-state index contributed by atoms with van der Waals surface area (Å²) in [6.45, 7) is 14.5. The molecule has 2 nitrogen and oxygen atoms in total. The van der Waals surface area contributed by atoms with Crippen molar-refractivity contribution in [2.45, 2.75) is 105 Å². The van der Waals surface area contributed by atoms with Crippen molar-refractivity contribution in [3.63, 3.8) is 0 Å². The number of aliphatic hydroxyl groups is 2. The highest BCUT2D eigenvalue weighted by molar-refractivity contribution is 5.28. The predicted octanol–water partition coefficient (Wildman–Crippen LogP) is 7.69. The van der Waals surface area contributed by atoms with Gasteiger partial charge in [-0.2, -0.15) is 0 Å². The molecule has 176 valence electrons. The standard InChI is InChI=1S/C29H48O2/c1-7-20(18(2)3)9-8-19(4)23-10-11-24-22-17-27(31)26-16-21(30)12-14-29(26,6)25(22)13-15-28(23,24)5/h8-9,18-25,30-31H,7,10-17H2,1-6H3/b9-8+/t19-,20+,21+,22+,23-,24+,25+,28-,29-/m1/s1. The summed E-state index contributed by atoms with van der Waals surface area (Å²) in [6.07, 6.45) is 14.9. The monoisotopic (exact) mass is 428 g/mol. The summed E-state index contributed by atoms with van der Waals surface area (Å²) in [5, 5.41) is 21.3. The Bertz CT molecular complexity index is 720. The summed E-state index contributed by atoms with van der Waals surface area (Å²) < 4.78 is 0. The molecule has 4 aliphatic carbocycles. The van der Waals surface area contributed by atoms with Crippen LogP contribution in [0.15, 0.2) is 23.5 Å². The van der Waals surface area contributed by atoms with E-state index in [1.165, 1.54) is 37.7 Å². The second kappa shape index (κ2) is 8.54. The molecule has 0 amide bonds. The Hall–Kier alpha value is -0.760. The van der Waals surface area contributed by atoms with E-state index in [1.54, 1.807) is 0 Å². The summed E-state index contributed by atoms with van der Waals surface area (Å²) in [5.74, 6) is 5.54. The third-order valence-electron chi connectivity index (χ3n) is 10.9. The van der Waals surface area contributed by atoms with Crippen molar-refractivity contribution in [1.29, 1.82) is 0 Å². The summed E-state index contributed by atoms with van der Waals surface area (Å²) in [4.78, 5) is 0. The smallest absolute Gasteiger partial charge is 0.0924 e. The third kappa shape index (κ3) is 3.83. The maximum Gasteiger partial charge on any atom is 0.0924 e. The lowest BCUT2D eigenvalue weighted by atomic mass is 9.46. The zero-order valence-corrected chi connectivity index (χ0v) is 21.0. The Morgan fingerprint density at radius 2 is 1.71 bits per heavy atom. The average Bonchev–Trinajstić information content (AvgIpc) is 3.07. The highest BCUT2D eigenvalue weighted by Crippen LogP contribution is 2.67. The van der Waals surface area contributed by atoms with Gasteiger partial charge in [0.05, 0.1) is 11.9 Å². The van der Waals surface area contributed by atoms with Gasteiger partial charge >= 0.3 is 0 Å². The SMILES string of the molecule is CC[C@@H](/C=C/[C@@H](C)[C@H]1CC[C@H]2[C@@H]3CC(O)=C4C[C@@H](O)CC[C@]4(C)[C@H]3CC[C@]12C)C(C)C. The molecule has 4 rings (SSSR count). The molecular weight excluding hydrogens is 380 g/mol. The molecule has 4 aliphatic rings. The quantitative estimate of drug-likeness (QED) is 0.441. The summed E-state index contributed by atoms with van der Waals surface area (Å²) in [5.41, 5.74) is 1.73. The van der Waals surface area contributed by atoms with Crippen LogP contribution < -0.4 is 0 Å². The fraction of sp³-hybridized carbons (Fsp3) is 0.862. The van der Waals surface area contributed by atoms with Crippen molar-refractivity contribution in [1.82, 2.24) is 0 Å². The number of allylic oxidation sites excluding steroid dienone is 3. The molecule has 0 heterocycles. The fourth-order valence-corrected chi connectivity index (χ4v) is 8.94. The average molecular weight is 429 g/mol. The zero-order valence-electron chi connectivity index (χ0n) is 21.0. The molecule has 0 aromatic carbocycles. The lowest BCUT2D eigenvalue weighted by Crippen LogP contribution is -2.51. The van der Waals surface area contributed by atoms with Crippen LogP contribution in [0.1, 0.15) is 99.3 Å². The summed E-state index contributed by atoms with van der Waals surface area (Å²) in [7, 11) is 0. The molecule has 2 N–H and O–H groups in total. The number of fused-ring (bicyclic) bond motifs is 5. The molecule has 0 unspecified atom stereocenters. The number of hydrogen-bond acceptors (Lipinski definition) is 2. The summed E-state index contributed by atoms with van der Waals surface area (Å²) in [6, 6.07) is 0. The number of hydrogen-bond donors (Lipinski definition) is 2. The zero-order chi connectivity index (χ0) is 22.6. The lowest BCUT2D eigenvalue weighted by molar-refractivity contribution is -0.0635. The van der Waals surface area contributed by atoms with Gasteiger partial charge < -0.3 is 10.2 Å². The maximum atomic E-state index is 11.1. The Labute approximate surface area is 191 Å². The van der Waals surface area contributed by atoms with Crippen molar-refractivity contribution < 1.29 is 10.2 Å². The molecule has 0 aromatic rings. The van der Waals surface area contributed by atoms with Crippen molar-refractivity contribution >= 4 is 0 Å². The molecule has 0 saturated heterocycles. The van der Waals surface area contributed by atoms with Gasteiger partial charge in [0, 0.05) is 6.42 Å². The minimum absolute atomic E-state index is 0.114. The van der Waals surface area contributed by atoms with Crippen molar-refractivity contribution in [3.05, 3.63) is 23.5 Å². The van der Waals surface area contributed by atoms with Gasteiger partial charge in [-0.15, -0.1) is 0 Å². The Kier molecular flexibility index (Phi) is 6.45. The van der Waals surface area contributed by atoms with Crippen LogP contribution in [0.5, 0.6) is 0 Å². The maximum absolute atomic E-state index is 11.1. The van der Waals surface area contributed by atoms with E-state index in [9.17, 15) is 10.2 Å². The van der Waals surface area contributed by atoms with Crippen LogP contribution in [-0.4, -0.2) is 16.3 Å². The van der Waals surface area contributed by atoms with E-state index in [-0.39, 0.29) is 11.5 Å². The molecule has 0 aromatic heterocycles. The fourth-order valence-electron chi connectivity index (χ4n) is 8.94. The number of aliphatic hydroxyl groups excluding tert-OH is 2. The minimum atomic E-state index is -0.253. The molecular formula is C29H48O2. The second-order valence-corrected chi connectivity index (χ2v) is 12.6. The van der Waals surface area contributed by atoms with Crippen molar-refractivity contribution in [3.8, 4) is 0 Å². The first-order chi connectivity index (χ1) is 14.6. The molecule has 0 spiro atoms. The lowest BCUT2D eigenvalue weighted by Gasteiger charge is -2.58. The second-order valence-electron chi connectivity index (χ2n) is 12.6. The van der Waals surface area contributed by atoms with Crippen LogP contribution in [0.2, 0.25) is 0 Å². The van der Waals surface area contributed by atoms with Crippen LogP contribution in [0.3, 0.4) is 0 Å². The molecule has 0 aliphatic heterocycles. The van der Waals surface area contributed by atoms with E-state index in [0.29, 0.717) is 41.3 Å². The molecule has 3 saturated carbocycles. The van der Waals surface area contributed by atoms with Gasteiger partial charge in [0.25, 0.3) is 0 Å². The molecule has 9 atom stereocenters. The highest BCUT2D eigenvalue weighted by Gasteiger charge is 2.60. The van der Waals surface area contributed by atoms with E-state index in [4.69, 9.17) is 0 Å². The molecule has 0 bridgehead atoms.